The van der Waals surface area contributed by atoms with E-state index in [0.717, 1.165) is 16.3 Å². The van der Waals surface area contributed by atoms with Crippen LogP contribution in [0.5, 0.6) is 11.5 Å². The van der Waals surface area contributed by atoms with E-state index >= 15 is 0 Å². The van der Waals surface area contributed by atoms with E-state index in [1.54, 1.807) is 6.08 Å². The predicted molar refractivity (Wildman–Crippen MR) is 159 cm³/mol. The predicted octanol–water partition coefficient (Wildman–Crippen LogP) is 5.55. The van der Waals surface area contributed by atoms with Gasteiger partial charge in [0.1, 0.15) is 24.2 Å². The van der Waals surface area contributed by atoms with Crippen molar-refractivity contribution < 1.29 is 33.7 Å². The van der Waals surface area contributed by atoms with Gasteiger partial charge in [0, 0.05) is 12.1 Å². The molecule has 0 saturated heterocycles. The Labute approximate surface area is 250 Å². The molecule has 2 aliphatic rings. The summed E-state index contributed by atoms with van der Waals surface area (Å²) in [4.78, 5) is 37.8. The number of hydrogen-bond donors (Lipinski definition) is 2. The van der Waals surface area contributed by atoms with Gasteiger partial charge in [0.25, 0.3) is 5.91 Å². The molecule has 1 amide bonds. The molecule has 0 bridgehead atoms. The van der Waals surface area contributed by atoms with Crippen LogP contribution in [-0.4, -0.2) is 42.2 Å². The topological polar surface area (TPSA) is 135 Å². The first-order valence-corrected chi connectivity index (χ1v) is 14.5. The number of carboxylic acids is 1. The number of fused-ring (bicyclic) bond motifs is 1. The Morgan fingerprint density at radius 3 is 2.47 bits per heavy atom. The molecular formula is C34H34N2O7. The van der Waals surface area contributed by atoms with Crippen LogP contribution < -0.4 is 14.8 Å². The zero-order valence-corrected chi connectivity index (χ0v) is 24.0. The SMILES string of the molecule is COc1cc(C#N)c(OC2CCC(C(=O)OCc3cccc4ccccc34)CC2)cc1C(=O)NC1CC=CCC1C(=O)O. The van der Waals surface area contributed by atoms with E-state index in [4.69, 9.17) is 14.2 Å². The number of nitriles is 1. The third kappa shape index (κ3) is 6.81. The highest BCUT2D eigenvalue weighted by Gasteiger charge is 2.32. The van der Waals surface area contributed by atoms with Crippen LogP contribution in [0.3, 0.4) is 0 Å². The number of nitrogens with one attached hydrogen (secondary N) is 1. The van der Waals surface area contributed by atoms with Gasteiger partial charge in [0.15, 0.2) is 0 Å². The lowest BCUT2D eigenvalue weighted by Gasteiger charge is -2.29. The molecule has 2 atom stereocenters. The lowest BCUT2D eigenvalue weighted by molar-refractivity contribution is -0.151. The van der Waals surface area contributed by atoms with E-state index in [0.29, 0.717) is 38.5 Å². The second-order valence-corrected chi connectivity index (χ2v) is 11.0. The monoisotopic (exact) mass is 582 g/mol. The van der Waals surface area contributed by atoms with Crippen molar-refractivity contribution in [3.8, 4) is 17.6 Å². The summed E-state index contributed by atoms with van der Waals surface area (Å²) in [5, 5.41) is 24.3. The fourth-order valence-electron chi connectivity index (χ4n) is 5.86. The number of esters is 1. The molecule has 3 aromatic carbocycles. The van der Waals surface area contributed by atoms with Gasteiger partial charge in [0.05, 0.1) is 36.2 Å². The summed E-state index contributed by atoms with van der Waals surface area (Å²) in [6.45, 7) is 0.211. The number of methoxy groups -OCH3 is 1. The zero-order valence-electron chi connectivity index (χ0n) is 24.0. The molecular weight excluding hydrogens is 548 g/mol. The number of carbonyl (C=O) groups is 3. The van der Waals surface area contributed by atoms with Gasteiger partial charge in [-0.2, -0.15) is 5.26 Å². The fourth-order valence-corrected chi connectivity index (χ4v) is 5.86. The molecule has 3 aromatic rings. The lowest BCUT2D eigenvalue weighted by Crippen LogP contribution is -2.44. The van der Waals surface area contributed by atoms with Crippen LogP contribution in [0.4, 0.5) is 0 Å². The number of amides is 1. The Morgan fingerprint density at radius 2 is 1.72 bits per heavy atom. The van der Waals surface area contributed by atoms with E-state index in [2.05, 4.69) is 11.4 Å². The summed E-state index contributed by atoms with van der Waals surface area (Å²) in [5.74, 6) is -2.25. The number of aliphatic carboxylic acids is 1. The van der Waals surface area contributed by atoms with Crippen LogP contribution in [0.25, 0.3) is 10.8 Å². The fraction of sp³-hybridized carbons (Fsp3) is 0.353. The van der Waals surface area contributed by atoms with Gasteiger partial charge >= 0.3 is 11.9 Å². The maximum absolute atomic E-state index is 13.3. The van der Waals surface area contributed by atoms with Gasteiger partial charge in [0.2, 0.25) is 0 Å². The molecule has 0 spiro atoms. The Bertz CT molecular complexity index is 1580. The smallest absolute Gasteiger partial charge is 0.309 e. The number of carbonyl (C=O) groups excluding carboxylic acids is 2. The summed E-state index contributed by atoms with van der Waals surface area (Å²) in [6, 6.07) is 18.4. The molecule has 0 heterocycles. The number of hydrogen-bond acceptors (Lipinski definition) is 7. The first kappa shape index (κ1) is 29.6. The molecule has 2 aliphatic carbocycles. The highest BCUT2D eigenvalue weighted by Crippen LogP contribution is 2.34. The van der Waals surface area contributed by atoms with Gasteiger partial charge in [-0.15, -0.1) is 0 Å². The largest absolute Gasteiger partial charge is 0.496 e. The van der Waals surface area contributed by atoms with Gasteiger partial charge < -0.3 is 24.6 Å². The molecule has 43 heavy (non-hydrogen) atoms. The number of rotatable bonds is 9. The number of ether oxygens (including phenoxy) is 3. The first-order valence-electron chi connectivity index (χ1n) is 14.5. The van der Waals surface area contributed by atoms with Crippen molar-refractivity contribution in [1.29, 1.82) is 5.26 Å². The zero-order chi connectivity index (χ0) is 30.3. The third-order valence-corrected chi connectivity index (χ3v) is 8.28. The van der Waals surface area contributed by atoms with Gasteiger partial charge in [-0.3, -0.25) is 14.4 Å². The second-order valence-electron chi connectivity index (χ2n) is 11.0. The standard InChI is InChI=1S/C34H34N2O7/c1-41-31-17-24(19-35)30(18-28(31)32(37)36-29-12-5-4-11-27(29)33(38)39)43-25-15-13-22(14-16-25)34(40)42-20-23-9-6-8-21-7-2-3-10-26(21)23/h2-10,17-18,22,25,27,29H,11-16,20H2,1H3,(H,36,37)(H,38,39). The van der Waals surface area contributed by atoms with Crippen LogP contribution in [-0.2, 0) is 20.9 Å². The van der Waals surface area contributed by atoms with Gasteiger partial charge in [-0.25, -0.2) is 0 Å². The van der Waals surface area contributed by atoms with Crippen molar-refractivity contribution in [3.05, 3.63) is 83.4 Å². The Kier molecular flexibility index (Phi) is 9.26. The third-order valence-electron chi connectivity index (χ3n) is 8.28. The van der Waals surface area contributed by atoms with E-state index < -0.39 is 23.8 Å². The lowest BCUT2D eigenvalue weighted by atomic mass is 9.87. The van der Waals surface area contributed by atoms with Gasteiger partial charge in [-0.05, 0) is 60.9 Å². The normalized spacial score (nSPS) is 21.4. The molecule has 1 fully saturated rings. The van der Waals surface area contributed by atoms with Crippen LogP contribution in [0.15, 0.2) is 66.7 Å². The number of benzene rings is 3. The Morgan fingerprint density at radius 1 is 0.977 bits per heavy atom. The molecule has 0 radical (unpaired) electrons. The average Bonchev–Trinajstić information content (AvgIpc) is 3.03. The van der Waals surface area contributed by atoms with E-state index in [9.17, 15) is 24.8 Å². The molecule has 5 rings (SSSR count). The van der Waals surface area contributed by atoms with E-state index in [1.165, 1.54) is 19.2 Å². The summed E-state index contributed by atoms with van der Waals surface area (Å²) in [5.41, 5.74) is 1.33. The molecule has 2 N–H and O–H groups in total. The molecule has 222 valence electrons. The van der Waals surface area contributed by atoms with Crippen molar-refractivity contribution in [2.45, 2.75) is 57.3 Å². The summed E-state index contributed by atoms with van der Waals surface area (Å²) in [7, 11) is 1.40. The molecule has 9 heteroatoms. The van der Waals surface area contributed by atoms with Crippen molar-refractivity contribution in [3.63, 3.8) is 0 Å². The Hall–Kier alpha value is -4.84. The van der Waals surface area contributed by atoms with Crippen LogP contribution in [0.1, 0.15) is 60.0 Å². The average molecular weight is 583 g/mol. The highest BCUT2D eigenvalue weighted by atomic mass is 16.5. The minimum absolute atomic E-state index is 0.154. The van der Waals surface area contributed by atoms with Gasteiger partial charge in [-0.1, -0.05) is 54.6 Å². The van der Waals surface area contributed by atoms with Crippen molar-refractivity contribution in [1.82, 2.24) is 5.32 Å². The number of allylic oxidation sites excluding steroid dienone is 1. The van der Waals surface area contributed by atoms with Crippen LogP contribution in [0.2, 0.25) is 0 Å². The summed E-state index contributed by atoms with van der Waals surface area (Å²) < 4.78 is 17.3. The highest BCUT2D eigenvalue weighted by molar-refractivity contribution is 5.98. The van der Waals surface area contributed by atoms with Crippen molar-refractivity contribution in [2.24, 2.45) is 11.8 Å². The van der Waals surface area contributed by atoms with E-state index in [1.807, 2.05) is 48.5 Å². The number of nitrogens with zero attached hydrogens (tertiary/aromatic N) is 1. The minimum atomic E-state index is -0.974. The summed E-state index contributed by atoms with van der Waals surface area (Å²) in [6.07, 6.45) is 6.46. The minimum Gasteiger partial charge on any atom is -0.496 e. The maximum atomic E-state index is 13.3. The maximum Gasteiger partial charge on any atom is 0.309 e. The first-order chi connectivity index (χ1) is 20.9. The molecule has 1 saturated carbocycles. The summed E-state index contributed by atoms with van der Waals surface area (Å²) >= 11 is 0. The second kappa shape index (κ2) is 13.4. The Balaban J connectivity index is 1.21. The van der Waals surface area contributed by atoms with Crippen LogP contribution in [0, 0.1) is 23.2 Å². The van der Waals surface area contributed by atoms with Crippen molar-refractivity contribution in [2.75, 3.05) is 7.11 Å². The van der Waals surface area contributed by atoms with E-state index in [-0.39, 0.29) is 47.2 Å². The molecule has 0 aliphatic heterocycles. The number of carboxylic acid groups (broad SMARTS) is 1. The quantitative estimate of drug-likeness (QED) is 0.248. The van der Waals surface area contributed by atoms with Crippen LogP contribution >= 0.6 is 0 Å². The van der Waals surface area contributed by atoms with Crippen molar-refractivity contribution >= 4 is 28.6 Å². The molecule has 9 nitrogen and oxygen atoms in total. The molecule has 2 unspecified atom stereocenters. The molecule has 0 aromatic heterocycles.